The monoisotopic (exact) mass is 262 g/mol. The maximum Gasteiger partial charge on any atom is 0.222 e. The molecule has 4 heteroatoms. The number of likely N-dealkylation sites (N-methyl/N-ethyl adjacent to an activating group) is 1. The molecule has 1 rings (SSSR count). The Kier molecular flexibility index (Phi) is 6.06. The number of hydrogen-bond acceptors (Lipinski definition) is 2. The minimum atomic E-state index is -0.347. The van der Waals surface area contributed by atoms with E-state index < -0.39 is 0 Å². The summed E-state index contributed by atoms with van der Waals surface area (Å²) in [6.07, 6.45) is 1.73. The summed E-state index contributed by atoms with van der Waals surface area (Å²) in [5.41, 5.74) is 6.38. The van der Waals surface area contributed by atoms with Crippen LogP contribution in [0.3, 0.4) is 0 Å². The highest BCUT2D eigenvalue weighted by Gasteiger charge is 2.13. The van der Waals surface area contributed by atoms with Crippen LogP contribution in [0.5, 0.6) is 0 Å². The Morgan fingerprint density at radius 2 is 1.89 bits per heavy atom. The van der Waals surface area contributed by atoms with E-state index in [2.05, 4.69) is 0 Å². The molecule has 1 atom stereocenters. The second kappa shape index (κ2) is 7.56. The molecular formula is C15H22N2O2. The molecule has 0 aliphatic rings. The zero-order valence-electron chi connectivity index (χ0n) is 11.6. The minimum Gasteiger partial charge on any atom is -0.369 e. The molecule has 0 aliphatic heterocycles. The predicted molar refractivity (Wildman–Crippen MR) is 75.4 cm³/mol. The molecule has 1 aromatic rings. The van der Waals surface area contributed by atoms with E-state index in [1.807, 2.05) is 30.3 Å². The van der Waals surface area contributed by atoms with Gasteiger partial charge in [-0.15, -0.1) is 0 Å². The van der Waals surface area contributed by atoms with Gasteiger partial charge in [-0.05, 0) is 18.4 Å². The first-order valence-electron chi connectivity index (χ1n) is 6.58. The first kappa shape index (κ1) is 15.2. The summed E-state index contributed by atoms with van der Waals surface area (Å²) in [6.45, 7) is 2.44. The van der Waals surface area contributed by atoms with Gasteiger partial charge in [0.25, 0.3) is 0 Å². The van der Waals surface area contributed by atoms with Crippen LogP contribution in [0.1, 0.15) is 25.3 Å². The fraction of sp³-hybridized carbons (Fsp3) is 0.467. The van der Waals surface area contributed by atoms with E-state index in [9.17, 15) is 9.59 Å². The molecule has 0 fully saturated rings. The van der Waals surface area contributed by atoms with Crippen LogP contribution in [0.4, 0.5) is 0 Å². The Balaban J connectivity index is 2.31. The highest BCUT2D eigenvalue weighted by Crippen LogP contribution is 2.07. The molecule has 0 bridgehead atoms. The lowest BCUT2D eigenvalue weighted by molar-refractivity contribution is -0.130. The fourth-order valence-corrected chi connectivity index (χ4v) is 1.74. The quantitative estimate of drug-likeness (QED) is 0.811. The second-order valence-electron chi connectivity index (χ2n) is 4.89. The summed E-state index contributed by atoms with van der Waals surface area (Å²) in [5, 5.41) is 0. The third-order valence-corrected chi connectivity index (χ3v) is 3.28. The van der Waals surface area contributed by atoms with Crippen molar-refractivity contribution in [3.8, 4) is 0 Å². The van der Waals surface area contributed by atoms with Crippen molar-refractivity contribution >= 4 is 11.8 Å². The average Bonchev–Trinajstić information content (AvgIpc) is 2.42. The lowest BCUT2D eigenvalue weighted by atomic mass is 10.0. The summed E-state index contributed by atoms with van der Waals surface area (Å²) < 4.78 is 0. The zero-order valence-corrected chi connectivity index (χ0v) is 11.6. The van der Waals surface area contributed by atoms with Gasteiger partial charge in [0.1, 0.15) is 0 Å². The first-order valence-corrected chi connectivity index (χ1v) is 6.58. The van der Waals surface area contributed by atoms with Gasteiger partial charge in [-0.1, -0.05) is 37.3 Å². The van der Waals surface area contributed by atoms with E-state index in [-0.39, 0.29) is 17.7 Å². The summed E-state index contributed by atoms with van der Waals surface area (Å²) >= 11 is 0. The zero-order chi connectivity index (χ0) is 14.3. The standard InChI is InChI=1S/C15H22N2O2/c1-12(15(16)19)8-9-14(18)17(2)11-10-13-6-4-3-5-7-13/h3-7,12H,8-11H2,1-2H3,(H2,16,19)/t12-/m0/s1. The van der Waals surface area contributed by atoms with Crippen LogP contribution in [0.25, 0.3) is 0 Å². The second-order valence-corrected chi connectivity index (χ2v) is 4.89. The van der Waals surface area contributed by atoms with Gasteiger partial charge in [-0.2, -0.15) is 0 Å². The molecule has 19 heavy (non-hydrogen) atoms. The minimum absolute atomic E-state index is 0.0593. The predicted octanol–water partition coefficient (Wildman–Crippen LogP) is 1.59. The van der Waals surface area contributed by atoms with Crippen molar-refractivity contribution in [3.63, 3.8) is 0 Å². The van der Waals surface area contributed by atoms with Gasteiger partial charge in [0.05, 0.1) is 0 Å². The number of amides is 2. The number of nitrogens with two attached hydrogens (primary N) is 1. The van der Waals surface area contributed by atoms with Gasteiger partial charge in [0, 0.05) is 25.9 Å². The van der Waals surface area contributed by atoms with Crippen molar-refractivity contribution in [1.82, 2.24) is 4.90 Å². The largest absolute Gasteiger partial charge is 0.369 e. The highest BCUT2D eigenvalue weighted by atomic mass is 16.2. The molecule has 4 nitrogen and oxygen atoms in total. The van der Waals surface area contributed by atoms with Crippen LogP contribution in [-0.4, -0.2) is 30.3 Å². The van der Waals surface area contributed by atoms with Crippen LogP contribution in [0.15, 0.2) is 30.3 Å². The Bertz CT molecular complexity index is 417. The van der Waals surface area contributed by atoms with Gasteiger partial charge in [-0.3, -0.25) is 9.59 Å². The summed E-state index contributed by atoms with van der Waals surface area (Å²) in [4.78, 5) is 24.5. The normalized spacial score (nSPS) is 11.9. The Morgan fingerprint density at radius 3 is 2.47 bits per heavy atom. The summed E-state index contributed by atoms with van der Waals surface area (Å²) in [6, 6.07) is 10.1. The van der Waals surface area contributed by atoms with E-state index in [0.717, 1.165) is 6.42 Å². The number of carbonyl (C=O) groups is 2. The smallest absolute Gasteiger partial charge is 0.222 e. The highest BCUT2D eigenvalue weighted by molar-refractivity contribution is 5.79. The molecule has 0 spiro atoms. The number of nitrogens with zero attached hydrogens (tertiary/aromatic N) is 1. The van der Waals surface area contributed by atoms with E-state index in [4.69, 9.17) is 5.73 Å². The summed E-state index contributed by atoms with van der Waals surface area (Å²) in [7, 11) is 1.79. The van der Waals surface area contributed by atoms with Gasteiger partial charge >= 0.3 is 0 Å². The molecule has 0 aliphatic carbocycles. The van der Waals surface area contributed by atoms with Crippen molar-refractivity contribution in [2.45, 2.75) is 26.2 Å². The molecule has 0 saturated heterocycles. The molecule has 0 radical (unpaired) electrons. The van der Waals surface area contributed by atoms with E-state index >= 15 is 0 Å². The molecule has 1 aromatic carbocycles. The molecule has 0 aromatic heterocycles. The molecule has 2 N–H and O–H groups in total. The molecule has 104 valence electrons. The number of hydrogen-bond donors (Lipinski definition) is 1. The van der Waals surface area contributed by atoms with Gasteiger partial charge in [0.2, 0.25) is 11.8 Å². The van der Waals surface area contributed by atoms with Crippen LogP contribution in [0.2, 0.25) is 0 Å². The third-order valence-electron chi connectivity index (χ3n) is 3.28. The lowest BCUT2D eigenvalue weighted by Crippen LogP contribution is -2.30. The number of benzene rings is 1. The van der Waals surface area contributed by atoms with Gasteiger partial charge in [-0.25, -0.2) is 0 Å². The Morgan fingerprint density at radius 1 is 1.26 bits per heavy atom. The van der Waals surface area contributed by atoms with Crippen LogP contribution >= 0.6 is 0 Å². The van der Waals surface area contributed by atoms with Crippen LogP contribution in [-0.2, 0) is 16.0 Å². The number of carbonyl (C=O) groups excluding carboxylic acids is 2. The van der Waals surface area contributed by atoms with Crippen molar-refractivity contribution in [1.29, 1.82) is 0 Å². The third kappa shape index (κ3) is 5.55. The summed E-state index contributed by atoms with van der Waals surface area (Å²) in [5.74, 6) is -0.532. The van der Waals surface area contributed by atoms with Crippen LogP contribution < -0.4 is 5.73 Å². The maximum absolute atomic E-state index is 11.9. The van der Waals surface area contributed by atoms with Crippen molar-refractivity contribution in [3.05, 3.63) is 35.9 Å². The van der Waals surface area contributed by atoms with E-state index in [1.54, 1.807) is 18.9 Å². The Hall–Kier alpha value is -1.84. The van der Waals surface area contributed by atoms with Crippen LogP contribution in [0, 0.1) is 5.92 Å². The molecule has 0 unspecified atom stereocenters. The Labute approximate surface area is 114 Å². The van der Waals surface area contributed by atoms with E-state index in [1.165, 1.54) is 5.56 Å². The molecule has 0 saturated carbocycles. The fourth-order valence-electron chi connectivity index (χ4n) is 1.74. The van der Waals surface area contributed by atoms with Crippen molar-refractivity contribution in [2.75, 3.05) is 13.6 Å². The number of rotatable bonds is 7. The maximum atomic E-state index is 11.9. The first-order chi connectivity index (χ1) is 9.00. The number of primary amides is 1. The molecule has 2 amide bonds. The van der Waals surface area contributed by atoms with Crippen molar-refractivity contribution in [2.24, 2.45) is 11.7 Å². The van der Waals surface area contributed by atoms with Gasteiger partial charge in [0.15, 0.2) is 0 Å². The van der Waals surface area contributed by atoms with Gasteiger partial charge < -0.3 is 10.6 Å². The molecular weight excluding hydrogens is 240 g/mol. The lowest BCUT2D eigenvalue weighted by Gasteiger charge is -2.18. The average molecular weight is 262 g/mol. The SMILES string of the molecule is C[C@@H](CCC(=O)N(C)CCc1ccccc1)C(N)=O. The van der Waals surface area contributed by atoms with E-state index in [0.29, 0.717) is 19.4 Å². The molecule has 0 heterocycles. The topological polar surface area (TPSA) is 63.4 Å². The van der Waals surface area contributed by atoms with Crippen molar-refractivity contribution < 1.29 is 9.59 Å².